The molecule has 0 saturated carbocycles. The zero-order chi connectivity index (χ0) is 5.82. The zero-order valence-electron chi connectivity index (χ0n) is 5.20. The van der Waals surface area contributed by atoms with Crippen LogP contribution in [0.4, 0.5) is 0 Å². The summed E-state index contributed by atoms with van der Waals surface area (Å²) in [6.45, 7) is 2.06. The van der Waals surface area contributed by atoms with Crippen molar-refractivity contribution in [2.45, 2.75) is 13.3 Å². The molecule has 0 bridgehead atoms. The van der Waals surface area contributed by atoms with Gasteiger partial charge in [-0.3, -0.25) is 5.10 Å². The monoisotopic (exact) mass is 158 g/mol. The second-order valence-electron chi connectivity index (χ2n) is 1.52. The minimum absolute atomic E-state index is 0. The van der Waals surface area contributed by atoms with Crippen molar-refractivity contribution in [1.82, 2.24) is 10.2 Å². The van der Waals surface area contributed by atoms with E-state index in [1.54, 1.807) is 6.20 Å². The number of nitrogens with zero attached hydrogens (tertiary/aromatic N) is 2. The van der Waals surface area contributed by atoms with Crippen molar-refractivity contribution in [1.29, 1.82) is 0 Å². The van der Waals surface area contributed by atoms with Crippen LogP contribution in [0.15, 0.2) is 12.3 Å². The third-order valence-electron chi connectivity index (χ3n) is 0.975. The first-order valence-corrected chi connectivity index (χ1v) is 2.61. The zero-order valence-corrected chi connectivity index (χ0v) is 6.60. The summed E-state index contributed by atoms with van der Waals surface area (Å²) >= 11 is 0. The fraction of sp³-hybridized carbons (Fsp3) is 0.333. The van der Waals surface area contributed by atoms with Crippen LogP contribution in [0.5, 0.6) is 0 Å². The first-order chi connectivity index (χ1) is 3.93. The van der Waals surface area contributed by atoms with Crippen LogP contribution in [0.1, 0.15) is 12.5 Å². The maximum absolute atomic E-state index is 3.59. The van der Waals surface area contributed by atoms with Gasteiger partial charge >= 0.3 is 18.6 Å². The van der Waals surface area contributed by atoms with E-state index < -0.39 is 0 Å². The van der Waals surface area contributed by atoms with E-state index in [1.807, 2.05) is 6.07 Å². The second kappa shape index (κ2) is 4.53. The minimum atomic E-state index is 0. The number of hydrogen-bond acceptors (Lipinski definition) is 2. The molecule has 0 aliphatic rings. The van der Waals surface area contributed by atoms with Gasteiger partial charge in [0.15, 0.2) is 0 Å². The molecule has 9 heavy (non-hydrogen) atoms. The third kappa shape index (κ3) is 2.63. The summed E-state index contributed by atoms with van der Waals surface area (Å²) in [6, 6.07) is 1.91. The van der Waals surface area contributed by atoms with Crippen molar-refractivity contribution in [3.8, 4) is 0 Å². The molecule has 1 aromatic heterocycles. The van der Waals surface area contributed by atoms with Gasteiger partial charge in [-0.2, -0.15) is 16.7 Å². The predicted molar refractivity (Wildman–Crippen MR) is 30.2 cm³/mol. The maximum atomic E-state index is 3.59. The normalized spacial score (nSPS) is 8.11. The van der Waals surface area contributed by atoms with Crippen LogP contribution < -0.4 is 0 Å². The van der Waals surface area contributed by atoms with Crippen LogP contribution in [0.25, 0.3) is 0 Å². The Morgan fingerprint density at radius 1 is 1.67 bits per heavy atom. The minimum Gasteiger partial charge on any atom is -0.268 e. The quantitative estimate of drug-likeness (QED) is 0.566. The maximum Gasteiger partial charge on any atom is 2.00 e. The molecular weight excluding hydrogens is 151 g/mol. The SMILES string of the molecule is CCc1[c-]nncc1.[V+2]. The van der Waals surface area contributed by atoms with Crippen molar-refractivity contribution >= 4 is 0 Å². The summed E-state index contributed by atoms with van der Waals surface area (Å²) in [5, 5.41) is 7.17. The van der Waals surface area contributed by atoms with E-state index in [0.717, 1.165) is 12.0 Å². The van der Waals surface area contributed by atoms with E-state index in [1.165, 1.54) is 0 Å². The Bertz CT molecular complexity index is 152. The van der Waals surface area contributed by atoms with Gasteiger partial charge in [0.1, 0.15) is 0 Å². The van der Waals surface area contributed by atoms with Crippen LogP contribution in [0.3, 0.4) is 0 Å². The summed E-state index contributed by atoms with van der Waals surface area (Å²) in [5.41, 5.74) is 1.11. The molecule has 0 amide bonds. The molecule has 1 heterocycles. The fourth-order valence-electron chi connectivity index (χ4n) is 0.484. The van der Waals surface area contributed by atoms with Crippen LogP contribution in [0.2, 0.25) is 0 Å². The van der Waals surface area contributed by atoms with Crippen LogP contribution in [-0.2, 0) is 25.0 Å². The van der Waals surface area contributed by atoms with E-state index >= 15 is 0 Å². The molecule has 0 saturated heterocycles. The fourth-order valence-corrected chi connectivity index (χ4v) is 0.484. The Kier molecular flexibility index (Phi) is 4.37. The first kappa shape index (κ1) is 8.66. The number of hydrogen-bond donors (Lipinski definition) is 0. The largest absolute Gasteiger partial charge is 2.00 e. The van der Waals surface area contributed by atoms with Gasteiger partial charge in [0.25, 0.3) is 0 Å². The molecule has 0 aromatic carbocycles. The molecule has 1 rings (SSSR count). The first-order valence-electron chi connectivity index (χ1n) is 2.61. The molecule has 2 nitrogen and oxygen atoms in total. The smallest absolute Gasteiger partial charge is 0.268 e. The van der Waals surface area contributed by atoms with Crippen LogP contribution in [0, 0.1) is 6.20 Å². The molecule has 1 radical (unpaired) electrons. The Balaban J connectivity index is 0.000000640. The topological polar surface area (TPSA) is 25.8 Å². The average molecular weight is 158 g/mol. The molecule has 0 fully saturated rings. The molecule has 0 unspecified atom stereocenters. The number of aromatic nitrogens is 2. The third-order valence-corrected chi connectivity index (χ3v) is 0.975. The summed E-state index contributed by atoms with van der Waals surface area (Å²) in [4.78, 5) is 0. The molecule has 0 aliphatic carbocycles. The van der Waals surface area contributed by atoms with Crippen molar-refractivity contribution in [2.24, 2.45) is 0 Å². The Morgan fingerprint density at radius 3 is 2.78 bits per heavy atom. The molecule has 45 valence electrons. The van der Waals surface area contributed by atoms with E-state index in [0.29, 0.717) is 0 Å². The van der Waals surface area contributed by atoms with Crippen molar-refractivity contribution in [3.63, 3.8) is 0 Å². The summed E-state index contributed by atoms with van der Waals surface area (Å²) < 4.78 is 0. The molecule has 0 spiro atoms. The van der Waals surface area contributed by atoms with Gasteiger partial charge in [-0.25, -0.2) is 0 Å². The van der Waals surface area contributed by atoms with Gasteiger partial charge < -0.3 is 0 Å². The van der Waals surface area contributed by atoms with Crippen molar-refractivity contribution in [2.75, 3.05) is 0 Å². The van der Waals surface area contributed by atoms with Gasteiger partial charge in [0.2, 0.25) is 0 Å². The van der Waals surface area contributed by atoms with E-state index in [2.05, 4.69) is 23.3 Å². The number of rotatable bonds is 1. The van der Waals surface area contributed by atoms with Crippen LogP contribution in [-0.4, -0.2) is 10.2 Å². The van der Waals surface area contributed by atoms with E-state index in [-0.39, 0.29) is 18.6 Å². The van der Waals surface area contributed by atoms with Gasteiger partial charge in [0.05, 0.1) is 0 Å². The van der Waals surface area contributed by atoms with E-state index in [9.17, 15) is 0 Å². The van der Waals surface area contributed by atoms with Gasteiger partial charge in [-0.05, 0) is 6.20 Å². The van der Waals surface area contributed by atoms with Gasteiger partial charge in [0, 0.05) is 0 Å². The summed E-state index contributed by atoms with van der Waals surface area (Å²) in [7, 11) is 0. The molecule has 0 atom stereocenters. The average Bonchev–Trinajstić information content (AvgIpc) is 1.90. The number of aryl methyl sites for hydroxylation is 1. The molecule has 1 aromatic rings. The molecule has 0 N–H and O–H groups in total. The Morgan fingerprint density at radius 2 is 2.44 bits per heavy atom. The molecule has 3 heteroatoms. The van der Waals surface area contributed by atoms with Gasteiger partial charge in [-0.15, -0.1) is 6.20 Å². The van der Waals surface area contributed by atoms with E-state index in [4.69, 9.17) is 0 Å². The van der Waals surface area contributed by atoms with Crippen LogP contribution >= 0.6 is 0 Å². The second-order valence-corrected chi connectivity index (χ2v) is 1.52. The van der Waals surface area contributed by atoms with Gasteiger partial charge in [-0.1, -0.05) is 13.3 Å². The molecule has 0 aliphatic heterocycles. The summed E-state index contributed by atoms with van der Waals surface area (Å²) in [5.74, 6) is 0. The van der Waals surface area contributed by atoms with Crippen molar-refractivity contribution in [3.05, 3.63) is 24.0 Å². The van der Waals surface area contributed by atoms with Crippen molar-refractivity contribution < 1.29 is 18.6 Å². The molecular formula is C6H7N2V+. The summed E-state index contributed by atoms with van der Waals surface area (Å²) in [6.07, 6.45) is 5.41. The predicted octanol–water partition coefficient (Wildman–Crippen LogP) is 0.837. The Labute approximate surface area is 66.6 Å². The standard InChI is InChI=1S/C6H7N2.V/c1-2-6-3-4-7-8-5-6;/h3-4H,2H2,1H3;/q-1;+2. The Hall–Kier alpha value is -0.336.